The highest BCUT2D eigenvalue weighted by molar-refractivity contribution is 6.02. The first-order valence-electron chi connectivity index (χ1n) is 6.62. The smallest absolute Gasteiger partial charge is 0.207 e. The molecule has 0 bridgehead atoms. The zero-order valence-electron chi connectivity index (χ0n) is 11.6. The Labute approximate surface area is 118 Å². The second kappa shape index (κ2) is 5.00. The van der Waals surface area contributed by atoms with E-state index in [0.29, 0.717) is 17.7 Å². The van der Waals surface area contributed by atoms with Crippen LogP contribution in [0, 0.1) is 6.92 Å². The van der Waals surface area contributed by atoms with E-state index in [4.69, 9.17) is 9.47 Å². The van der Waals surface area contributed by atoms with Crippen LogP contribution in [0.4, 0.5) is 0 Å². The molecule has 0 aliphatic carbocycles. The van der Waals surface area contributed by atoms with Gasteiger partial charge in [-0.25, -0.2) is 0 Å². The number of carbonyl (C=O) groups is 1. The number of para-hydroxylation sites is 1. The minimum atomic E-state index is -0.455. The third-order valence-corrected chi connectivity index (χ3v) is 3.56. The van der Waals surface area contributed by atoms with Crippen LogP contribution in [0.3, 0.4) is 0 Å². The Bertz CT molecular complexity index is 636. The molecule has 1 aliphatic heterocycles. The van der Waals surface area contributed by atoms with Gasteiger partial charge in [0, 0.05) is 6.42 Å². The number of ketones is 1. The fraction of sp³-hybridized carbons (Fsp3) is 0.235. The largest absolute Gasteiger partial charge is 0.496 e. The Morgan fingerprint density at radius 1 is 1.25 bits per heavy atom. The van der Waals surface area contributed by atoms with Crippen molar-refractivity contribution in [2.24, 2.45) is 0 Å². The molecular weight excluding hydrogens is 252 g/mol. The number of benzene rings is 2. The second-order valence-electron chi connectivity index (χ2n) is 4.99. The summed E-state index contributed by atoms with van der Waals surface area (Å²) in [6.45, 7) is 1.96. The van der Waals surface area contributed by atoms with Crippen molar-refractivity contribution in [1.82, 2.24) is 0 Å². The number of Topliss-reactive ketones (excluding diaryl/α,β-unsaturated/α-hetero) is 1. The first-order valence-corrected chi connectivity index (χ1v) is 6.62. The molecule has 3 rings (SSSR count). The summed E-state index contributed by atoms with van der Waals surface area (Å²) in [5.74, 6) is 1.37. The van der Waals surface area contributed by atoms with E-state index in [9.17, 15) is 4.79 Å². The molecule has 0 amide bonds. The van der Waals surface area contributed by atoms with E-state index in [-0.39, 0.29) is 5.78 Å². The third kappa shape index (κ3) is 2.16. The molecule has 1 aliphatic rings. The van der Waals surface area contributed by atoms with Crippen LogP contribution in [-0.4, -0.2) is 19.0 Å². The van der Waals surface area contributed by atoms with Crippen molar-refractivity contribution in [3.63, 3.8) is 0 Å². The molecule has 3 heteroatoms. The molecular formula is C17H16O3. The van der Waals surface area contributed by atoms with Crippen molar-refractivity contribution in [3.05, 3.63) is 59.2 Å². The first kappa shape index (κ1) is 12.7. The van der Waals surface area contributed by atoms with E-state index in [0.717, 1.165) is 16.9 Å². The van der Waals surface area contributed by atoms with Crippen LogP contribution in [-0.2, 0) is 6.42 Å². The highest BCUT2D eigenvalue weighted by Crippen LogP contribution is 2.31. The maximum atomic E-state index is 12.6. The van der Waals surface area contributed by atoms with E-state index >= 15 is 0 Å². The molecule has 0 radical (unpaired) electrons. The molecule has 2 aromatic carbocycles. The van der Waals surface area contributed by atoms with E-state index in [1.807, 2.05) is 49.4 Å². The number of ether oxygens (including phenoxy) is 2. The lowest BCUT2D eigenvalue weighted by Gasteiger charge is -2.13. The number of hydrogen-bond acceptors (Lipinski definition) is 3. The first-order chi connectivity index (χ1) is 9.69. The van der Waals surface area contributed by atoms with Crippen LogP contribution in [0.2, 0.25) is 0 Å². The summed E-state index contributed by atoms with van der Waals surface area (Å²) in [5.41, 5.74) is 2.70. The van der Waals surface area contributed by atoms with Crippen LogP contribution >= 0.6 is 0 Å². The van der Waals surface area contributed by atoms with Gasteiger partial charge >= 0.3 is 0 Å². The van der Waals surface area contributed by atoms with E-state index in [1.54, 1.807) is 7.11 Å². The highest BCUT2D eigenvalue weighted by atomic mass is 16.5. The summed E-state index contributed by atoms with van der Waals surface area (Å²) in [5, 5.41) is 0. The van der Waals surface area contributed by atoms with Crippen molar-refractivity contribution in [3.8, 4) is 11.5 Å². The lowest BCUT2D eigenvalue weighted by atomic mass is 9.99. The molecule has 0 saturated heterocycles. The second-order valence-corrected chi connectivity index (χ2v) is 4.99. The van der Waals surface area contributed by atoms with Crippen LogP contribution < -0.4 is 9.47 Å². The molecule has 3 nitrogen and oxygen atoms in total. The van der Waals surface area contributed by atoms with Crippen molar-refractivity contribution in [2.45, 2.75) is 19.4 Å². The predicted octanol–water partition coefficient (Wildman–Crippen LogP) is 3.19. The van der Waals surface area contributed by atoms with Gasteiger partial charge in [-0.2, -0.15) is 0 Å². The standard InChI is InChI=1S/C17H16O3/c1-11-7-8-15(19-2)13(9-11)17(18)16-10-12-5-3-4-6-14(12)20-16/h3-9,16H,10H2,1-2H3. The molecule has 20 heavy (non-hydrogen) atoms. The molecule has 0 aromatic heterocycles. The molecule has 1 unspecified atom stereocenters. The normalized spacial score (nSPS) is 16.4. The van der Waals surface area contributed by atoms with Crippen molar-refractivity contribution in [2.75, 3.05) is 7.11 Å². The fourth-order valence-corrected chi connectivity index (χ4v) is 2.52. The number of hydrogen-bond donors (Lipinski definition) is 0. The molecule has 0 fully saturated rings. The molecule has 102 valence electrons. The lowest BCUT2D eigenvalue weighted by Crippen LogP contribution is -2.25. The topological polar surface area (TPSA) is 35.5 Å². The molecule has 2 aromatic rings. The van der Waals surface area contributed by atoms with E-state index < -0.39 is 6.10 Å². The minimum Gasteiger partial charge on any atom is -0.496 e. The van der Waals surface area contributed by atoms with Gasteiger partial charge in [0.2, 0.25) is 5.78 Å². The zero-order chi connectivity index (χ0) is 14.1. The van der Waals surface area contributed by atoms with Crippen molar-refractivity contribution in [1.29, 1.82) is 0 Å². The molecule has 1 heterocycles. The van der Waals surface area contributed by atoms with Crippen LogP contribution in [0.5, 0.6) is 11.5 Å². The number of rotatable bonds is 3. The van der Waals surface area contributed by atoms with Gasteiger partial charge in [-0.15, -0.1) is 0 Å². The Hall–Kier alpha value is -2.29. The lowest BCUT2D eigenvalue weighted by molar-refractivity contribution is 0.0821. The zero-order valence-corrected chi connectivity index (χ0v) is 11.6. The quantitative estimate of drug-likeness (QED) is 0.802. The van der Waals surface area contributed by atoms with Gasteiger partial charge in [0.15, 0.2) is 6.10 Å². The monoisotopic (exact) mass is 268 g/mol. The average Bonchev–Trinajstić information content (AvgIpc) is 2.90. The Morgan fingerprint density at radius 3 is 2.80 bits per heavy atom. The number of fused-ring (bicyclic) bond motifs is 1. The van der Waals surface area contributed by atoms with Gasteiger partial charge in [0.05, 0.1) is 12.7 Å². The predicted molar refractivity (Wildman–Crippen MR) is 76.6 cm³/mol. The summed E-state index contributed by atoms with van der Waals surface area (Å²) in [7, 11) is 1.58. The molecule has 0 spiro atoms. The maximum absolute atomic E-state index is 12.6. The average molecular weight is 268 g/mol. The summed E-state index contributed by atoms with van der Waals surface area (Å²) in [4.78, 5) is 12.6. The number of methoxy groups -OCH3 is 1. The summed E-state index contributed by atoms with van der Waals surface area (Å²) in [6, 6.07) is 13.4. The highest BCUT2D eigenvalue weighted by Gasteiger charge is 2.31. The summed E-state index contributed by atoms with van der Waals surface area (Å²) < 4.78 is 11.0. The van der Waals surface area contributed by atoms with E-state index in [2.05, 4.69) is 0 Å². The molecule has 0 N–H and O–H groups in total. The molecule has 1 atom stereocenters. The van der Waals surface area contributed by atoms with Crippen LogP contribution in [0.25, 0.3) is 0 Å². The van der Waals surface area contributed by atoms with Gasteiger partial charge in [-0.3, -0.25) is 4.79 Å². The number of carbonyl (C=O) groups excluding carboxylic acids is 1. The van der Waals surface area contributed by atoms with E-state index in [1.165, 1.54) is 0 Å². The fourth-order valence-electron chi connectivity index (χ4n) is 2.52. The Kier molecular flexibility index (Phi) is 3.18. The van der Waals surface area contributed by atoms with Gasteiger partial charge in [-0.1, -0.05) is 29.8 Å². The van der Waals surface area contributed by atoms with Crippen molar-refractivity contribution >= 4 is 5.78 Å². The third-order valence-electron chi connectivity index (χ3n) is 3.56. The maximum Gasteiger partial charge on any atom is 0.207 e. The van der Waals surface area contributed by atoms with Crippen LogP contribution in [0.1, 0.15) is 21.5 Å². The Morgan fingerprint density at radius 2 is 2.05 bits per heavy atom. The number of aryl methyl sites for hydroxylation is 1. The van der Waals surface area contributed by atoms with Gasteiger partial charge < -0.3 is 9.47 Å². The summed E-state index contributed by atoms with van der Waals surface area (Å²) >= 11 is 0. The van der Waals surface area contributed by atoms with Crippen molar-refractivity contribution < 1.29 is 14.3 Å². The van der Waals surface area contributed by atoms with Gasteiger partial charge in [0.1, 0.15) is 11.5 Å². The SMILES string of the molecule is COc1ccc(C)cc1C(=O)C1Cc2ccccc2O1. The molecule has 0 saturated carbocycles. The Balaban J connectivity index is 1.90. The van der Waals surface area contributed by atoms with Crippen LogP contribution in [0.15, 0.2) is 42.5 Å². The minimum absolute atomic E-state index is 0.0262. The van der Waals surface area contributed by atoms with Gasteiger partial charge in [-0.05, 0) is 30.7 Å². The van der Waals surface area contributed by atoms with Gasteiger partial charge in [0.25, 0.3) is 0 Å². The summed E-state index contributed by atoms with van der Waals surface area (Å²) in [6.07, 6.45) is 0.162.